The molecule has 0 saturated carbocycles. The number of carbonyl (C=O) groups excluding carboxylic acids is 2. The molecule has 0 aliphatic carbocycles. The highest BCUT2D eigenvalue weighted by atomic mass is 16.2. The number of piperidine rings is 1. The molecule has 0 radical (unpaired) electrons. The smallest absolute Gasteiger partial charge is 0.253 e. The highest BCUT2D eigenvalue weighted by molar-refractivity contribution is 5.94. The molecule has 0 bridgehead atoms. The van der Waals surface area contributed by atoms with E-state index in [-0.39, 0.29) is 30.0 Å². The molecule has 0 spiro atoms. The van der Waals surface area contributed by atoms with E-state index >= 15 is 0 Å². The van der Waals surface area contributed by atoms with Crippen LogP contribution in [0.4, 0.5) is 0 Å². The zero-order chi connectivity index (χ0) is 21.7. The summed E-state index contributed by atoms with van der Waals surface area (Å²) in [4.78, 5) is 39.2. The average molecular weight is 410 g/mol. The van der Waals surface area contributed by atoms with Gasteiger partial charge in [-0.25, -0.2) is 0 Å². The van der Waals surface area contributed by atoms with E-state index in [4.69, 9.17) is 0 Å². The van der Waals surface area contributed by atoms with Crippen LogP contribution in [0.5, 0.6) is 0 Å². The van der Waals surface area contributed by atoms with E-state index in [1.54, 1.807) is 4.90 Å². The summed E-state index contributed by atoms with van der Waals surface area (Å²) in [7, 11) is 0. The van der Waals surface area contributed by atoms with Crippen LogP contribution < -0.4 is 10.9 Å². The van der Waals surface area contributed by atoms with Gasteiger partial charge in [0.1, 0.15) is 6.54 Å². The van der Waals surface area contributed by atoms with E-state index in [0.29, 0.717) is 11.5 Å². The van der Waals surface area contributed by atoms with Gasteiger partial charge in [-0.15, -0.1) is 0 Å². The summed E-state index contributed by atoms with van der Waals surface area (Å²) in [5.41, 5.74) is 2.35. The summed E-state index contributed by atoms with van der Waals surface area (Å²) < 4.78 is 1.33. The molecule has 1 aromatic carbocycles. The molecule has 2 aromatic rings. The van der Waals surface area contributed by atoms with Gasteiger partial charge < -0.3 is 14.8 Å². The lowest BCUT2D eigenvalue weighted by atomic mass is 9.99. The Morgan fingerprint density at radius 2 is 1.57 bits per heavy atom. The molecule has 1 aliphatic rings. The number of nitrogens with zero attached hydrogens (tertiary/aromatic N) is 2. The Bertz CT molecular complexity index is 941. The highest BCUT2D eigenvalue weighted by Crippen LogP contribution is 2.19. The molecule has 1 saturated heterocycles. The molecule has 160 valence electrons. The van der Waals surface area contributed by atoms with E-state index < -0.39 is 0 Å². The van der Waals surface area contributed by atoms with E-state index in [2.05, 4.69) is 31.3 Å². The maximum atomic E-state index is 12.7. The molecule has 1 aromatic heterocycles. The molecular weight excluding hydrogens is 378 g/mol. The van der Waals surface area contributed by atoms with Crippen LogP contribution in [0.15, 0.2) is 47.4 Å². The van der Waals surface area contributed by atoms with Gasteiger partial charge >= 0.3 is 0 Å². The Morgan fingerprint density at radius 3 is 2.20 bits per heavy atom. The topological polar surface area (TPSA) is 71.4 Å². The molecule has 6 nitrogen and oxygen atoms in total. The number of hydrogen-bond acceptors (Lipinski definition) is 3. The SMILES string of the molecule is CC(C)c1ccc([C@@H](C)NC(=O)c2ccc(=O)n(CC(=O)N3CCCCC3)c2)cc1. The Morgan fingerprint density at radius 1 is 0.933 bits per heavy atom. The largest absolute Gasteiger partial charge is 0.345 e. The molecule has 1 atom stereocenters. The molecule has 1 fully saturated rings. The summed E-state index contributed by atoms with van der Waals surface area (Å²) in [5.74, 6) is 0.111. The van der Waals surface area contributed by atoms with Gasteiger partial charge in [-0.3, -0.25) is 14.4 Å². The van der Waals surface area contributed by atoms with E-state index in [1.165, 1.54) is 28.5 Å². The van der Waals surface area contributed by atoms with Crippen LogP contribution in [0, 0.1) is 0 Å². The zero-order valence-electron chi connectivity index (χ0n) is 18.1. The summed E-state index contributed by atoms with van der Waals surface area (Å²) in [6.45, 7) is 7.66. The van der Waals surface area contributed by atoms with Crippen molar-refractivity contribution < 1.29 is 9.59 Å². The number of amides is 2. The van der Waals surface area contributed by atoms with Gasteiger partial charge in [0, 0.05) is 25.4 Å². The van der Waals surface area contributed by atoms with Crippen molar-refractivity contribution in [1.29, 1.82) is 0 Å². The van der Waals surface area contributed by atoms with Crippen LogP contribution in [0.2, 0.25) is 0 Å². The van der Waals surface area contributed by atoms with Crippen molar-refractivity contribution in [3.63, 3.8) is 0 Å². The lowest BCUT2D eigenvalue weighted by Crippen LogP contribution is -2.39. The minimum atomic E-state index is -0.283. The maximum Gasteiger partial charge on any atom is 0.253 e. The summed E-state index contributed by atoms with van der Waals surface area (Å²) in [6, 6.07) is 10.9. The van der Waals surface area contributed by atoms with Crippen LogP contribution in [0.1, 0.15) is 73.5 Å². The second kappa shape index (κ2) is 9.74. The van der Waals surface area contributed by atoms with E-state index in [0.717, 1.165) is 37.9 Å². The third kappa shape index (κ3) is 5.38. The maximum absolute atomic E-state index is 12.7. The fourth-order valence-electron chi connectivity index (χ4n) is 3.71. The first kappa shape index (κ1) is 21.8. The van der Waals surface area contributed by atoms with Gasteiger partial charge in [-0.05, 0) is 49.3 Å². The average Bonchev–Trinajstić information content (AvgIpc) is 2.75. The number of rotatable bonds is 6. The van der Waals surface area contributed by atoms with Crippen LogP contribution >= 0.6 is 0 Å². The highest BCUT2D eigenvalue weighted by Gasteiger charge is 2.18. The molecule has 1 aliphatic heterocycles. The van der Waals surface area contributed by atoms with Gasteiger partial charge in [0.05, 0.1) is 11.6 Å². The second-order valence-corrected chi connectivity index (χ2v) is 8.34. The van der Waals surface area contributed by atoms with E-state index in [1.807, 2.05) is 19.1 Å². The van der Waals surface area contributed by atoms with Crippen LogP contribution in [-0.4, -0.2) is 34.4 Å². The van der Waals surface area contributed by atoms with Gasteiger partial charge in [-0.2, -0.15) is 0 Å². The molecule has 0 unspecified atom stereocenters. The second-order valence-electron chi connectivity index (χ2n) is 8.34. The number of carbonyl (C=O) groups is 2. The summed E-state index contributed by atoms with van der Waals surface area (Å²) >= 11 is 0. The predicted molar refractivity (Wildman–Crippen MR) is 118 cm³/mol. The third-order valence-electron chi connectivity index (χ3n) is 5.71. The van der Waals surface area contributed by atoms with Crippen LogP contribution in [0.3, 0.4) is 0 Å². The van der Waals surface area contributed by atoms with Crippen LogP contribution in [-0.2, 0) is 11.3 Å². The quantitative estimate of drug-likeness (QED) is 0.794. The van der Waals surface area contributed by atoms with E-state index in [9.17, 15) is 14.4 Å². The van der Waals surface area contributed by atoms with Gasteiger partial charge in [-0.1, -0.05) is 38.1 Å². The van der Waals surface area contributed by atoms with Crippen molar-refractivity contribution >= 4 is 11.8 Å². The number of nitrogens with one attached hydrogen (secondary N) is 1. The van der Waals surface area contributed by atoms with Crippen molar-refractivity contribution in [3.8, 4) is 0 Å². The minimum absolute atomic E-state index is 0.0355. The fourth-order valence-corrected chi connectivity index (χ4v) is 3.71. The first-order valence-corrected chi connectivity index (χ1v) is 10.7. The fraction of sp³-hybridized carbons (Fsp3) is 0.458. The first-order chi connectivity index (χ1) is 14.3. The Kier molecular flexibility index (Phi) is 7.08. The molecular formula is C24H31N3O3. The van der Waals surface area contributed by atoms with Crippen molar-refractivity contribution in [1.82, 2.24) is 14.8 Å². The molecule has 30 heavy (non-hydrogen) atoms. The van der Waals surface area contributed by atoms with Gasteiger partial charge in [0.25, 0.3) is 11.5 Å². The molecule has 2 amide bonds. The molecule has 3 rings (SSSR count). The normalized spacial score (nSPS) is 15.1. The van der Waals surface area contributed by atoms with Crippen LogP contribution in [0.25, 0.3) is 0 Å². The lowest BCUT2D eigenvalue weighted by molar-refractivity contribution is -0.132. The van der Waals surface area contributed by atoms with Crippen molar-refractivity contribution in [2.45, 2.75) is 58.5 Å². The lowest BCUT2D eigenvalue weighted by Gasteiger charge is -2.27. The Hall–Kier alpha value is -2.89. The Balaban J connectivity index is 1.67. The zero-order valence-corrected chi connectivity index (χ0v) is 18.1. The molecule has 6 heteroatoms. The minimum Gasteiger partial charge on any atom is -0.345 e. The summed E-state index contributed by atoms with van der Waals surface area (Å²) in [5, 5.41) is 2.97. The number of benzene rings is 1. The van der Waals surface area contributed by atoms with Crippen molar-refractivity contribution in [2.24, 2.45) is 0 Å². The van der Waals surface area contributed by atoms with Gasteiger partial charge in [0.15, 0.2) is 0 Å². The Labute approximate surface area is 177 Å². The van der Waals surface area contributed by atoms with Gasteiger partial charge in [0.2, 0.25) is 5.91 Å². The monoisotopic (exact) mass is 409 g/mol. The third-order valence-corrected chi connectivity index (χ3v) is 5.71. The molecule has 2 heterocycles. The number of likely N-dealkylation sites (tertiary alicyclic amines) is 1. The number of hydrogen-bond donors (Lipinski definition) is 1. The molecule has 1 N–H and O–H groups in total. The standard InChI is InChI=1S/C24H31N3O3/c1-17(2)19-7-9-20(10-8-19)18(3)25-24(30)21-11-12-22(28)27(15-21)16-23(29)26-13-5-4-6-14-26/h7-12,15,17-18H,4-6,13-14,16H2,1-3H3,(H,25,30)/t18-/m1/s1. The first-order valence-electron chi connectivity index (χ1n) is 10.7. The predicted octanol–water partition coefficient (Wildman–Crippen LogP) is 3.48. The van der Waals surface area contributed by atoms with Crippen molar-refractivity contribution in [2.75, 3.05) is 13.1 Å². The number of pyridine rings is 1. The van der Waals surface area contributed by atoms with Crippen molar-refractivity contribution in [3.05, 3.63) is 69.6 Å². The number of aromatic nitrogens is 1. The summed E-state index contributed by atoms with van der Waals surface area (Å²) in [6.07, 6.45) is 4.62.